The molecule has 1 aliphatic carbocycles. The summed E-state index contributed by atoms with van der Waals surface area (Å²) >= 11 is 3.48. The normalized spacial score (nSPS) is 24.9. The Morgan fingerprint density at radius 3 is 3.06 bits per heavy atom. The number of pyridine rings is 1. The van der Waals surface area contributed by atoms with Crippen LogP contribution in [0.25, 0.3) is 0 Å². The van der Waals surface area contributed by atoms with Crippen LogP contribution in [0, 0.1) is 5.92 Å². The SMILES string of the molecule is CCNC1CCCC1Cc1cncc(Br)c1. The quantitative estimate of drug-likeness (QED) is 0.918. The highest BCUT2D eigenvalue weighted by molar-refractivity contribution is 9.10. The minimum atomic E-state index is 0.712. The number of aromatic nitrogens is 1. The van der Waals surface area contributed by atoms with E-state index in [1.165, 1.54) is 24.8 Å². The van der Waals surface area contributed by atoms with E-state index in [0.717, 1.165) is 23.4 Å². The first-order valence-electron chi connectivity index (χ1n) is 6.12. The number of halogens is 1. The Kier molecular flexibility index (Phi) is 4.36. The lowest BCUT2D eigenvalue weighted by Crippen LogP contribution is -2.33. The Bertz CT molecular complexity index is 340. The van der Waals surface area contributed by atoms with Crippen molar-refractivity contribution in [2.24, 2.45) is 5.92 Å². The lowest BCUT2D eigenvalue weighted by molar-refractivity contribution is 0.406. The summed E-state index contributed by atoms with van der Waals surface area (Å²) < 4.78 is 1.09. The lowest BCUT2D eigenvalue weighted by Gasteiger charge is -2.20. The summed E-state index contributed by atoms with van der Waals surface area (Å²) in [6, 6.07) is 2.90. The Hall–Kier alpha value is -0.410. The van der Waals surface area contributed by atoms with Crippen LogP contribution in [0.3, 0.4) is 0 Å². The van der Waals surface area contributed by atoms with Gasteiger partial charge in [0.15, 0.2) is 0 Å². The first-order valence-corrected chi connectivity index (χ1v) is 6.91. The molecular formula is C13H19BrN2. The molecule has 0 bridgehead atoms. The van der Waals surface area contributed by atoms with Crippen molar-refractivity contribution in [3.8, 4) is 0 Å². The van der Waals surface area contributed by atoms with E-state index in [9.17, 15) is 0 Å². The fourth-order valence-electron chi connectivity index (χ4n) is 2.68. The largest absolute Gasteiger partial charge is 0.314 e. The summed E-state index contributed by atoms with van der Waals surface area (Å²) in [4.78, 5) is 4.23. The van der Waals surface area contributed by atoms with Gasteiger partial charge in [0.2, 0.25) is 0 Å². The van der Waals surface area contributed by atoms with Crippen molar-refractivity contribution >= 4 is 15.9 Å². The molecule has 2 unspecified atom stereocenters. The fourth-order valence-corrected chi connectivity index (χ4v) is 3.09. The van der Waals surface area contributed by atoms with Crippen molar-refractivity contribution in [1.29, 1.82) is 0 Å². The monoisotopic (exact) mass is 282 g/mol. The van der Waals surface area contributed by atoms with Crippen LogP contribution >= 0.6 is 15.9 Å². The minimum absolute atomic E-state index is 0.712. The van der Waals surface area contributed by atoms with Gasteiger partial charge in [0.25, 0.3) is 0 Å². The van der Waals surface area contributed by atoms with Crippen molar-refractivity contribution in [3.63, 3.8) is 0 Å². The minimum Gasteiger partial charge on any atom is -0.314 e. The van der Waals surface area contributed by atoms with Gasteiger partial charge < -0.3 is 5.32 Å². The molecule has 0 aliphatic heterocycles. The van der Waals surface area contributed by atoms with Crippen LogP contribution in [0.4, 0.5) is 0 Å². The maximum absolute atomic E-state index is 4.23. The highest BCUT2D eigenvalue weighted by atomic mass is 79.9. The molecule has 2 rings (SSSR count). The second kappa shape index (κ2) is 5.78. The van der Waals surface area contributed by atoms with Crippen LogP contribution in [0.15, 0.2) is 22.9 Å². The third-order valence-electron chi connectivity index (χ3n) is 3.38. The number of hydrogen-bond acceptors (Lipinski definition) is 2. The van der Waals surface area contributed by atoms with Gasteiger partial charge in [-0.15, -0.1) is 0 Å². The number of rotatable bonds is 4. The Labute approximate surface area is 106 Å². The van der Waals surface area contributed by atoms with Crippen molar-refractivity contribution in [2.45, 2.75) is 38.6 Å². The predicted molar refractivity (Wildman–Crippen MR) is 70.4 cm³/mol. The van der Waals surface area contributed by atoms with Crippen LogP contribution < -0.4 is 5.32 Å². The molecule has 0 amide bonds. The third kappa shape index (κ3) is 3.05. The molecule has 0 aromatic carbocycles. The van der Waals surface area contributed by atoms with E-state index in [0.29, 0.717) is 6.04 Å². The van der Waals surface area contributed by atoms with Crippen LogP contribution in [-0.4, -0.2) is 17.6 Å². The summed E-state index contributed by atoms with van der Waals surface area (Å²) in [6.45, 7) is 3.27. The maximum Gasteiger partial charge on any atom is 0.0410 e. The standard InChI is InChI=1S/C13H19BrN2/c1-2-16-13-5-3-4-11(13)6-10-7-12(14)9-15-8-10/h7-9,11,13,16H,2-6H2,1H3. The summed E-state index contributed by atoms with van der Waals surface area (Å²) in [5, 5.41) is 3.60. The molecule has 0 radical (unpaired) electrons. The van der Waals surface area contributed by atoms with E-state index in [-0.39, 0.29) is 0 Å². The molecule has 3 heteroatoms. The average molecular weight is 283 g/mol. The van der Waals surface area contributed by atoms with E-state index in [1.807, 2.05) is 12.4 Å². The molecule has 1 aromatic rings. The summed E-state index contributed by atoms with van der Waals surface area (Å²) in [7, 11) is 0. The highest BCUT2D eigenvalue weighted by Gasteiger charge is 2.26. The Balaban J connectivity index is 1.98. The van der Waals surface area contributed by atoms with E-state index >= 15 is 0 Å². The molecule has 2 nitrogen and oxygen atoms in total. The first kappa shape index (κ1) is 12.1. The van der Waals surface area contributed by atoms with Crippen LogP contribution in [-0.2, 0) is 6.42 Å². The molecule has 1 heterocycles. The second-order valence-corrected chi connectivity index (χ2v) is 5.49. The molecule has 88 valence electrons. The van der Waals surface area contributed by atoms with Crippen molar-refractivity contribution in [3.05, 3.63) is 28.5 Å². The van der Waals surface area contributed by atoms with Crippen molar-refractivity contribution in [1.82, 2.24) is 10.3 Å². The summed E-state index contributed by atoms with van der Waals surface area (Å²) in [5.74, 6) is 0.788. The Morgan fingerprint density at radius 1 is 1.44 bits per heavy atom. The van der Waals surface area contributed by atoms with Gasteiger partial charge in [0, 0.05) is 22.9 Å². The van der Waals surface area contributed by atoms with Gasteiger partial charge in [0.1, 0.15) is 0 Å². The van der Waals surface area contributed by atoms with Crippen LogP contribution in [0.5, 0.6) is 0 Å². The predicted octanol–water partition coefficient (Wildman–Crippen LogP) is 3.16. The van der Waals surface area contributed by atoms with E-state index in [4.69, 9.17) is 0 Å². The zero-order valence-corrected chi connectivity index (χ0v) is 11.3. The molecule has 1 N–H and O–H groups in total. The van der Waals surface area contributed by atoms with Crippen molar-refractivity contribution in [2.75, 3.05) is 6.54 Å². The van der Waals surface area contributed by atoms with Gasteiger partial charge in [-0.05, 0) is 59.3 Å². The molecular weight excluding hydrogens is 264 g/mol. The van der Waals surface area contributed by atoms with E-state index in [1.54, 1.807) is 0 Å². The smallest absolute Gasteiger partial charge is 0.0410 e. The first-order chi connectivity index (χ1) is 7.79. The topological polar surface area (TPSA) is 24.9 Å². The summed E-state index contributed by atoms with van der Waals surface area (Å²) in [5.41, 5.74) is 1.35. The molecule has 16 heavy (non-hydrogen) atoms. The van der Waals surface area contributed by atoms with Gasteiger partial charge >= 0.3 is 0 Å². The van der Waals surface area contributed by atoms with E-state index < -0.39 is 0 Å². The highest BCUT2D eigenvalue weighted by Crippen LogP contribution is 2.29. The molecule has 2 atom stereocenters. The molecule has 0 saturated heterocycles. The van der Waals surface area contributed by atoms with E-state index in [2.05, 4.69) is 39.2 Å². The molecule has 1 aromatic heterocycles. The van der Waals surface area contributed by atoms with Gasteiger partial charge in [-0.3, -0.25) is 4.98 Å². The second-order valence-electron chi connectivity index (χ2n) is 4.57. The van der Waals surface area contributed by atoms with Gasteiger partial charge in [-0.2, -0.15) is 0 Å². The number of nitrogens with one attached hydrogen (secondary N) is 1. The van der Waals surface area contributed by atoms with Gasteiger partial charge in [0.05, 0.1) is 0 Å². The van der Waals surface area contributed by atoms with Gasteiger partial charge in [-0.1, -0.05) is 13.3 Å². The Morgan fingerprint density at radius 2 is 2.31 bits per heavy atom. The zero-order chi connectivity index (χ0) is 11.4. The van der Waals surface area contributed by atoms with Crippen LogP contribution in [0.1, 0.15) is 31.7 Å². The number of hydrogen-bond donors (Lipinski definition) is 1. The van der Waals surface area contributed by atoms with Gasteiger partial charge in [-0.25, -0.2) is 0 Å². The maximum atomic E-state index is 4.23. The molecule has 1 fully saturated rings. The third-order valence-corrected chi connectivity index (χ3v) is 3.82. The average Bonchev–Trinajstić information content (AvgIpc) is 2.66. The molecule has 1 aliphatic rings. The number of nitrogens with zero attached hydrogens (tertiary/aromatic N) is 1. The lowest BCUT2D eigenvalue weighted by atomic mass is 9.95. The van der Waals surface area contributed by atoms with Crippen LogP contribution in [0.2, 0.25) is 0 Å². The van der Waals surface area contributed by atoms with Crippen molar-refractivity contribution < 1.29 is 0 Å². The zero-order valence-electron chi connectivity index (χ0n) is 9.75. The fraction of sp³-hybridized carbons (Fsp3) is 0.615. The molecule has 1 saturated carbocycles. The molecule has 0 spiro atoms. The summed E-state index contributed by atoms with van der Waals surface area (Å²) in [6.07, 6.45) is 9.05.